The first-order chi connectivity index (χ1) is 20.2. The van der Waals surface area contributed by atoms with Gasteiger partial charge in [0.25, 0.3) is 0 Å². The zero-order chi connectivity index (χ0) is 30.8. The Balaban J connectivity index is 1.12. The van der Waals surface area contributed by atoms with Crippen LogP contribution in [-0.2, 0) is 32.4 Å². The van der Waals surface area contributed by atoms with Crippen LogP contribution in [0.5, 0.6) is 17.4 Å². The smallest absolute Gasteiger partial charge is 0.481 e. The van der Waals surface area contributed by atoms with E-state index < -0.39 is 30.0 Å². The average Bonchev–Trinajstić information content (AvgIpc) is 3.63. The molecule has 3 aliphatic rings. The molecular formula is C30H31BClF2N3O6. The van der Waals surface area contributed by atoms with Crippen molar-refractivity contribution in [1.29, 1.82) is 0 Å². The van der Waals surface area contributed by atoms with Crippen molar-refractivity contribution in [2.45, 2.75) is 76.3 Å². The summed E-state index contributed by atoms with van der Waals surface area (Å²) in [7, 11) is 1.01. The molecule has 0 unspecified atom stereocenters. The number of carbonyl (C=O) groups excluding carboxylic acids is 1. The Labute approximate surface area is 253 Å². The maximum absolute atomic E-state index is 13.5. The molecule has 6 rings (SSSR count). The van der Waals surface area contributed by atoms with Crippen molar-refractivity contribution >= 4 is 35.9 Å². The number of nitrogens with zero attached hydrogens (tertiary/aromatic N) is 2. The fourth-order valence-electron chi connectivity index (χ4n) is 5.17. The molecule has 226 valence electrons. The van der Waals surface area contributed by atoms with Gasteiger partial charge in [-0.05, 0) is 94.2 Å². The molecule has 9 nitrogen and oxygen atoms in total. The molecule has 2 aromatic heterocycles. The average molecular weight is 614 g/mol. The Morgan fingerprint density at radius 3 is 2.33 bits per heavy atom. The molecule has 1 aliphatic carbocycles. The van der Waals surface area contributed by atoms with Crippen LogP contribution in [0.25, 0.3) is 0 Å². The van der Waals surface area contributed by atoms with Crippen molar-refractivity contribution < 1.29 is 37.1 Å². The fourth-order valence-corrected chi connectivity index (χ4v) is 5.42. The summed E-state index contributed by atoms with van der Waals surface area (Å²) in [5.41, 5.74) is 1.11. The van der Waals surface area contributed by atoms with Gasteiger partial charge in [-0.2, -0.15) is 0 Å². The van der Waals surface area contributed by atoms with Crippen molar-refractivity contribution in [3.63, 3.8) is 0 Å². The van der Waals surface area contributed by atoms with Crippen LogP contribution in [0.1, 0.15) is 57.4 Å². The van der Waals surface area contributed by atoms with E-state index in [1.165, 1.54) is 12.1 Å². The topological polar surface area (TPSA) is 101 Å². The minimum absolute atomic E-state index is 0.0672. The van der Waals surface area contributed by atoms with Crippen LogP contribution in [0.15, 0.2) is 42.5 Å². The van der Waals surface area contributed by atoms with E-state index in [0.29, 0.717) is 42.9 Å². The molecule has 1 amide bonds. The van der Waals surface area contributed by atoms with Gasteiger partial charge in [0.2, 0.25) is 11.8 Å². The number of aromatic nitrogens is 2. The van der Waals surface area contributed by atoms with E-state index in [2.05, 4.69) is 24.8 Å². The molecule has 0 atom stereocenters. The number of aryl methyl sites for hydroxylation is 2. The molecule has 0 radical (unpaired) electrons. The molecule has 2 fully saturated rings. The van der Waals surface area contributed by atoms with Crippen molar-refractivity contribution in [1.82, 2.24) is 9.97 Å². The molecule has 43 heavy (non-hydrogen) atoms. The minimum Gasteiger partial charge on any atom is -0.481 e. The number of hydrogen-bond donors (Lipinski definition) is 1. The van der Waals surface area contributed by atoms with Crippen LogP contribution >= 0.6 is 11.6 Å². The molecular weight excluding hydrogens is 583 g/mol. The van der Waals surface area contributed by atoms with E-state index in [1.807, 2.05) is 45.9 Å². The summed E-state index contributed by atoms with van der Waals surface area (Å²) >= 11 is 6.52. The SMILES string of the molecule is COc1cc(B2OC(C)(C)C(C)(C)O2)cc(CCc2ccc(NC(=O)C3(c4ccc5c(c4)OC(F)(F)O5)CC3)nc2Cl)n1. The van der Waals surface area contributed by atoms with Gasteiger partial charge in [0.15, 0.2) is 11.5 Å². The van der Waals surface area contributed by atoms with Crippen molar-refractivity contribution in [3.8, 4) is 17.4 Å². The van der Waals surface area contributed by atoms with E-state index in [1.54, 1.807) is 19.2 Å². The summed E-state index contributed by atoms with van der Waals surface area (Å²) in [6.07, 6.45) is -1.53. The number of alkyl halides is 2. The van der Waals surface area contributed by atoms with Gasteiger partial charge in [-0.1, -0.05) is 23.7 Å². The van der Waals surface area contributed by atoms with E-state index in [-0.39, 0.29) is 22.6 Å². The number of pyridine rings is 2. The molecule has 13 heteroatoms. The Hall–Kier alpha value is -3.48. The fraction of sp³-hybridized carbons (Fsp3) is 0.433. The summed E-state index contributed by atoms with van der Waals surface area (Å²) in [5.74, 6) is 0.281. The lowest BCUT2D eigenvalue weighted by Gasteiger charge is -2.32. The Morgan fingerprint density at radius 1 is 0.977 bits per heavy atom. The first-order valence-electron chi connectivity index (χ1n) is 14.0. The second-order valence-corrected chi connectivity index (χ2v) is 12.4. The Morgan fingerprint density at radius 2 is 1.67 bits per heavy atom. The lowest BCUT2D eigenvalue weighted by atomic mass is 9.79. The first kappa shape index (κ1) is 29.6. The minimum atomic E-state index is -3.72. The largest absolute Gasteiger partial charge is 0.586 e. The molecule has 1 N–H and O–H groups in total. The van der Waals surface area contributed by atoms with Gasteiger partial charge >= 0.3 is 13.4 Å². The highest BCUT2D eigenvalue weighted by atomic mass is 35.5. The molecule has 3 aromatic rings. The maximum Gasteiger partial charge on any atom is 0.586 e. The van der Waals surface area contributed by atoms with E-state index >= 15 is 0 Å². The molecule has 4 heterocycles. The predicted molar refractivity (Wildman–Crippen MR) is 155 cm³/mol. The number of halogens is 3. The van der Waals surface area contributed by atoms with Gasteiger partial charge in [0.05, 0.1) is 23.7 Å². The highest BCUT2D eigenvalue weighted by Crippen LogP contribution is 2.52. The monoisotopic (exact) mass is 613 g/mol. The van der Waals surface area contributed by atoms with Crippen LogP contribution in [0.3, 0.4) is 0 Å². The summed E-state index contributed by atoms with van der Waals surface area (Å²) in [5, 5.41) is 3.08. The van der Waals surface area contributed by atoms with Crippen LogP contribution in [-0.4, -0.2) is 47.6 Å². The number of rotatable bonds is 8. The molecule has 1 aromatic carbocycles. The van der Waals surface area contributed by atoms with Gasteiger partial charge in [-0.15, -0.1) is 8.78 Å². The zero-order valence-electron chi connectivity index (χ0n) is 24.4. The third-order valence-corrected chi connectivity index (χ3v) is 8.90. The number of fused-ring (bicyclic) bond motifs is 1. The van der Waals surface area contributed by atoms with Gasteiger partial charge in [0, 0.05) is 11.8 Å². The van der Waals surface area contributed by atoms with Gasteiger partial charge in [-0.25, -0.2) is 9.97 Å². The van der Waals surface area contributed by atoms with Crippen molar-refractivity contribution in [2.24, 2.45) is 0 Å². The lowest BCUT2D eigenvalue weighted by molar-refractivity contribution is -0.286. The number of anilines is 1. The Bertz CT molecular complexity index is 1580. The molecule has 1 saturated carbocycles. The Kier molecular flexibility index (Phi) is 7.10. The summed E-state index contributed by atoms with van der Waals surface area (Å²) in [6, 6.07) is 11.7. The molecule has 2 aliphatic heterocycles. The van der Waals surface area contributed by atoms with Gasteiger partial charge in [-0.3, -0.25) is 4.79 Å². The van der Waals surface area contributed by atoms with Crippen molar-refractivity contribution in [3.05, 3.63) is 64.4 Å². The van der Waals surface area contributed by atoms with Crippen molar-refractivity contribution in [2.75, 3.05) is 12.4 Å². The number of ether oxygens (including phenoxy) is 3. The second-order valence-electron chi connectivity index (χ2n) is 12.0. The van der Waals surface area contributed by atoms with Gasteiger partial charge < -0.3 is 28.8 Å². The first-order valence-corrected chi connectivity index (χ1v) is 14.4. The van der Waals surface area contributed by atoms with Crippen LogP contribution in [0.4, 0.5) is 14.6 Å². The number of carbonyl (C=O) groups is 1. The van der Waals surface area contributed by atoms with Crippen LogP contribution in [0, 0.1) is 0 Å². The highest BCUT2D eigenvalue weighted by Gasteiger charge is 2.53. The third-order valence-electron chi connectivity index (χ3n) is 8.57. The summed E-state index contributed by atoms with van der Waals surface area (Å²) in [6.45, 7) is 8.00. The molecule has 1 saturated heterocycles. The summed E-state index contributed by atoms with van der Waals surface area (Å²) < 4.78 is 53.8. The summed E-state index contributed by atoms with van der Waals surface area (Å²) in [4.78, 5) is 22.2. The molecule has 0 spiro atoms. The van der Waals surface area contributed by atoms with Gasteiger partial charge in [0.1, 0.15) is 11.0 Å². The lowest BCUT2D eigenvalue weighted by Crippen LogP contribution is -2.41. The number of benzene rings is 1. The number of hydrogen-bond acceptors (Lipinski definition) is 8. The number of methoxy groups -OCH3 is 1. The predicted octanol–water partition coefficient (Wildman–Crippen LogP) is 5.21. The maximum atomic E-state index is 13.5. The molecule has 0 bridgehead atoms. The van der Waals surface area contributed by atoms with E-state index in [9.17, 15) is 13.6 Å². The van der Waals surface area contributed by atoms with Crippen LogP contribution < -0.4 is 25.0 Å². The normalized spacial score (nSPS) is 20.1. The third kappa shape index (κ3) is 5.63. The number of nitrogens with one attached hydrogen (secondary N) is 1. The van der Waals surface area contributed by atoms with E-state index in [4.69, 9.17) is 25.6 Å². The quantitative estimate of drug-likeness (QED) is 0.273. The highest BCUT2D eigenvalue weighted by molar-refractivity contribution is 6.62. The van der Waals surface area contributed by atoms with Crippen LogP contribution in [0.2, 0.25) is 5.15 Å². The van der Waals surface area contributed by atoms with E-state index in [0.717, 1.165) is 16.7 Å². The second kappa shape index (κ2) is 10.3. The number of amides is 1. The standard InChI is InChI=1S/C30H31BClF2N3O6/c1-27(2)28(3,4)43-31(42-27)19-15-20(35-24(16-19)39-5)9-6-17-7-11-23(36-25(17)32)37-26(38)29(12-13-29)18-8-10-21-22(14-18)41-30(33,34)40-21/h7-8,10-11,14-16H,6,9,12-13H2,1-5H3,(H,36,37,38). The zero-order valence-corrected chi connectivity index (χ0v) is 25.2.